The summed E-state index contributed by atoms with van der Waals surface area (Å²) in [5.74, 6) is 0.891. The van der Waals surface area contributed by atoms with Gasteiger partial charge in [-0.2, -0.15) is 15.9 Å². The van der Waals surface area contributed by atoms with Crippen LogP contribution in [0.15, 0.2) is 29.0 Å². The van der Waals surface area contributed by atoms with E-state index in [0.29, 0.717) is 30.4 Å². The lowest BCUT2D eigenvalue weighted by Crippen LogP contribution is -2.23. The zero-order valence-electron chi connectivity index (χ0n) is 12.9. The number of aromatic nitrogens is 4. The van der Waals surface area contributed by atoms with Crippen LogP contribution in [0.3, 0.4) is 0 Å². The molecule has 1 N–H and O–H groups in total. The van der Waals surface area contributed by atoms with Crippen molar-refractivity contribution >= 4 is 28.8 Å². The highest BCUT2D eigenvalue weighted by Gasteiger charge is 2.14. The summed E-state index contributed by atoms with van der Waals surface area (Å²) in [5, 5.41) is 19.9. The van der Waals surface area contributed by atoms with Crippen LogP contribution < -0.4 is 5.32 Å². The molecule has 0 fully saturated rings. The lowest BCUT2D eigenvalue weighted by Gasteiger charge is -2.12. The summed E-state index contributed by atoms with van der Waals surface area (Å²) in [5.41, 5.74) is 1.65. The molecule has 0 radical (unpaired) electrons. The Morgan fingerprint density at radius 1 is 1.39 bits per heavy atom. The highest BCUT2D eigenvalue weighted by molar-refractivity contribution is 7.08. The van der Waals surface area contributed by atoms with E-state index in [1.807, 2.05) is 35.9 Å². The van der Waals surface area contributed by atoms with Crippen molar-refractivity contribution in [2.24, 2.45) is 5.92 Å². The van der Waals surface area contributed by atoms with Crippen LogP contribution in [0.25, 0.3) is 17.0 Å². The third kappa shape index (κ3) is 3.31. The van der Waals surface area contributed by atoms with Crippen molar-refractivity contribution in [3.63, 3.8) is 0 Å². The van der Waals surface area contributed by atoms with Crippen molar-refractivity contribution in [2.45, 2.75) is 13.8 Å². The number of hydrogen-bond acceptors (Lipinski definition) is 7. The summed E-state index contributed by atoms with van der Waals surface area (Å²) < 4.78 is 6.69. The van der Waals surface area contributed by atoms with E-state index in [-0.39, 0.29) is 11.9 Å². The first kappa shape index (κ1) is 15.4. The monoisotopic (exact) mass is 331 g/mol. The molecule has 0 aliphatic carbocycles. The molecular weight excluding hydrogens is 314 g/mol. The summed E-state index contributed by atoms with van der Waals surface area (Å²) in [6.07, 6.45) is 0. The van der Waals surface area contributed by atoms with Crippen LogP contribution in [0.5, 0.6) is 0 Å². The minimum absolute atomic E-state index is 0.218. The predicted octanol–water partition coefficient (Wildman–Crippen LogP) is 2.46. The van der Waals surface area contributed by atoms with E-state index in [1.165, 1.54) is 0 Å². The number of thiophene rings is 1. The summed E-state index contributed by atoms with van der Waals surface area (Å²) in [4.78, 5) is 11.6. The summed E-state index contributed by atoms with van der Waals surface area (Å²) in [7, 11) is 0. The topological polar surface area (TPSA) is 81.4 Å². The van der Waals surface area contributed by atoms with Gasteiger partial charge in [-0.05, 0) is 30.5 Å². The van der Waals surface area contributed by atoms with Crippen molar-refractivity contribution < 1.29 is 9.53 Å². The summed E-state index contributed by atoms with van der Waals surface area (Å²) in [6, 6.07) is 5.64. The number of nitrogens with one attached hydrogen (secondary N) is 1. The number of carbonyl (C=O) groups is 1. The van der Waals surface area contributed by atoms with Gasteiger partial charge in [-0.15, -0.1) is 15.3 Å². The van der Waals surface area contributed by atoms with E-state index < -0.39 is 0 Å². The number of carbonyl (C=O) groups excluding carboxylic acids is 1. The second-order valence-electron chi connectivity index (χ2n) is 5.06. The molecule has 0 amide bonds. The largest absolute Gasteiger partial charge is 0.466 e. The molecule has 8 heteroatoms. The highest BCUT2D eigenvalue weighted by Crippen LogP contribution is 2.20. The molecule has 120 valence electrons. The molecule has 0 saturated carbocycles. The molecule has 1 atom stereocenters. The first-order valence-corrected chi connectivity index (χ1v) is 8.29. The van der Waals surface area contributed by atoms with Gasteiger partial charge in [-0.3, -0.25) is 4.79 Å². The number of hydrogen-bond donors (Lipinski definition) is 1. The summed E-state index contributed by atoms with van der Waals surface area (Å²) in [6.45, 7) is 4.45. The standard InChI is InChI=1S/C15H17N5O2S/c1-3-22-15(21)10(2)8-16-12-4-5-13-17-18-14(20(13)19-12)11-6-7-23-9-11/h4-7,9-10H,3,8H2,1-2H3,(H,16,19). The average Bonchev–Trinajstić information content (AvgIpc) is 3.21. The molecule has 0 saturated heterocycles. The third-order valence-electron chi connectivity index (χ3n) is 3.32. The lowest BCUT2D eigenvalue weighted by molar-refractivity contribution is -0.146. The Balaban J connectivity index is 1.77. The van der Waals surface area contributed by atoms with Gasteiger partial charge in [0, 0.05) is 17.5 Å². The Morgan fingerprint density at radius 2 is 2.26 bits per heavy atom. The van der Waals surface area contributed by atoms with Crippen LogP contribution in [-0.2, 0) is 9.53 Å². The van der Waals surface area contributed by atoms with E-state index in [1.54, 1.807) is 22.8 Å². The van der Waals surface area contributed by atoms with Crippen LogP contribution in [0, 0.1) is 5.92 Å². The van der Waals surface area contributed by atoms with Crippen molar-refractivity contribution in [2.75, 3.05) is 18.5 Å². The number of ether oxygens (including phenoxy) is 1. The van der Waals surface area contributed by atoms with E-state index in [4.69, 9.17) is 4.74 Å². The fourth-order valence-corrected chi connectivity index (χ4v) is 2.71. The molecule has 1 unspecified atom stereocenters. The van der Waals surface area contributed by atoms with Crippen LogP contribution in [-0.4, -0.2) is 38.9 Å². The first-order valence-electron chi connectivity index (χ1n) is 7.34. The van der Waals surface area contributed by atoms with Gasteiger partial charge in [0.2, 0.25) is 0 Å². The second kappa shape index (κ2) is 6.74. The Morgan fingerprint density at radius 3 is 3.00 bits per heavy atom. The molecule has 0 bridgehead atoms. The minimum atomic E-state index is -0.246. The summed E-state index contributed by atoms with van der Waals surface area (Å²) >= 11 is 1.60. The molecule has 0 aromatic carbocycles. The van der Waals surface area contributed by atoms with Gasteiger partial charge in [0.1, 0.15) is 5.82 Å². The zero-order valence-corrected chi connectivity index (χ0v) is 13.7. The van der Waals surface area contributed by atoms with Crippen molar-refractivity contribution in [3.05, 3.63) is 29.0 Å². The fourth-order valence-electron chi connectivity index (χ4n) is 2.08. The maximum atomic E-state index is 11.6. The Hall–Kier alpha value is -2.48. The van der Waals surface area contributed by atoms with Gasteiger partial charge < -0.3 is 10.1 Å². The van der Waals surface area contributed by atoms with E-state index in [9.17, 15) is 4.79 Å². The molecule has 0 spiro atoms. The predicted molar refractivity (Wildman–Crippen MR) is 88.4 cm³/mol. The Labute approximate surface area is 137 Å². The van der Waals surface area contributed by atoms with Gasteiger partial charge in [0.05, 0.1) is 12.5 Å². The first-order chi connectivity index (χ1) is 11.2. The van der Waals surface area contributed by atoms with Gasteiger partial charge in [-0.1, -0.05) is 6.92 Å². The molecule has 0 aliphatic rings. The van der Waals surface area contributed by atoms with Crippen LogP contribution in [0.2, 0.25) is 0 Å². The van der Waals surface area contributed by atoms with Crippen LogP contribution in [0.1, 0.15) is 13.8 Å². The molecule has 3 aromatic heterocycles. The third-order valence-corrected chi connectivity index (χ3v) is 4.00. The lowest BCUT2D eigenvalue weighted by atomic mass is 10.2. The smallest absolute Gasteiger partial charge is 0.310 e. The van der Waals surface area contributed by atoms with E-state index in [2.05, 4.69) is 20.6 Å². The van der Waals surface area contributed by atoms with E-state index >= 15 is 0 Å². The molecule has 0 aliphatic heterocycles. The Bertz CT molecular complexity index is 799. The van der Waals surface area contributed by atoms with Crippen molar-refractivity contribution in [3.8, 4) is 11.4 Å². The quantitative estimate of drug-likeness (QED) is 0.699. The van der Waals surface area contributed by atoms with Gasteiger partial charge in [0.15, 0.2) is 11.5 Å². The second-order valence-corrected chi connectivity index (χ2v) is 5.84. The number of rotatable bonds is 6. The molecule has 3 aromatic rings. The van der Waals surface area contributed by atoms with Gasteiger partial charge in [0.25, 0.3) is 0 Å². The maximum absolute atomic E-state index is 11.6. The SMILES string of the molecule is CCOC(=O)C(C)CNc1ccc2nnc(-c3ccsc3)n2n1. The number of esters is 1. The molecule has 7 nitrogen and oxygen atoms in total. The molecule has 3 heterocycles. The molecule has 3 rings (SSSR count). The molecule has 23 heavy (non-hydrogen) atoms. The highest BCUT2D eigenvalue weighted by atomic mass is 32.1. The Kier molecular flexibility index (Phi) is 4.52. The average molecular weight is 331 g/mol. The van der Waals surface area contributed by atoms with Gasteiger partial charge >= 0.3 is 5.97 Å². The van der Waals surface area contributed by atoms with Crippen molar-refractivity contribution in [1.29, 1.82) is 0 Å². The van der Waals surface area contributed by atoms with Crippen molar-refractivity contribution in [1.82, 2.24) is 19.8 Å². The number of nitrogens with zero attached hydrogens (tertiary/aromatic N) is 4. The van der Waals surface area contributed by atoms with E-state index in [0.717, 1.165) is 5.56 Å². The minimum Gasteiger partial charge on any atom is -0.466 e. The maximum Gasteiger partial charge on any atom is 0.310 e. The normalized spacial score (nSPS) is 12.3. The fraction of sp³-hybridized carbons (Fsp3) is 0.333. The van der Waals surface area contributed by atoms with Gasteiger partial charge in [-0.25, -0.2) is 0 Å². The molecular formula is C15H17N5O2S. The van der Waals surface area contributed by atoms with Crippen LogP contribution in [0.4, 0.5) is 5.82 Å². The zero-order chi connectivity index (χ0) is 16.2. The number of anilines is 1. The number of fused-ring (bicyclic) bond motifs is 1. The van der Waals surface area contributed by atoms with Crippen LogP contribution >= 0.6 is 11.3 Å².